The minimum atomic E-state index is -0.0806. The molecule has 0 bridgehead atoms. The molecule has 0 aromatic carbocycles. The summed E-state index contributed by atoms with van der Waals surface area (Å²) in [5.74, 6) is -0.0447. The first-order valence-electron chi connectivity index (χ1n) is 8.55. The van der Waals surface area contributed by atoms with Gasteiger partial charge in [0.15, 0.2) is 5.65 Å². The first-order valence-corrected chi connectivity index (χ1v) is 9.49. The number of nitrogens with zero attached hydrogens (tertiary/aromatic N) is 5. The predicted octanol–water partition coefficient (Wildman–Crippen LogP) is 2.09. The van der Waals surface area contributed by atoms with Gasteiger partial charge in [0.2, 0.25) is 0 Å². The van der Waals surface area contributed by atoms with Crippen molar-refractivity contribution in [2.24, 2.45) is 0 Å². The van der Waals surface area contributed by atoms with Crippen LogP contribution in [0.3, 0.4) is 0 Å². The summed E-state index contributed by atoms with van der Waals surface area (Å²) in [4.78, 5) is 33.6. The number of hydrogen-bond donors (Lipinski definition) is 0. The summed E-state index contributed by atoms with van der Waals surface area (Å²) in [5, 5.41) is 7.99. The molecule has 4 heterocycles. The molecule has 0 atom stereocenters. The van der Waals surface area contributed by atoms with Gasteiger partial charge in [0.05, 0.1) is 11.8 Å². The van der Waals surface area contributed by atoms with Crippen molar-refractivity contribution in [3.63, 3.8) is 0 Å². The molecule has 0 N–H and O–H groups in total. The van der Waals surface area contributed by atoms with Crippen LogP contribution in [0.25, 0.3) is 5.65 Å². The van der Waals surface area contributed by atoms with Gasteiger partial charge in [-0.3, -0.25) is 9.59 Å². The van der Waals surface area contributed by atoms with Crippen LogP contribution in [0.1, 0.15) is 32.8 Å². The summed E-state index contributed by atoms with van der Waals surface area (Å²) in [5.41, 5.74) is 2.64. The van der Waals surface area contributed by atoms with E-state index in [0.29, 0.717) is 37.4 Å². The smallest absolute Gasteiger partial charge is 0.259 e. The van der Waals surface area contributed by atoms with E-state index >= 15 is 0 Å². The molecule has 1 aliphatic rings. The van der Waals surface area contributed by atoms with Gasteiger partial charge in [-0.05, 0) is 30.9 Å². The fourth-order valence-corrected chi connectivity index (χ4v) is 3.80. The van der Waals surface area contributed by atoms with Crippen molar-refractivity contribution in [3.8, 4) is 0 Å². The van der Waals surface area contributed by atoms with Gasteiger partial charge in [-0.15, -0.1) is 0 Å². The van der Waals surface area contributed by atoms with Crippen LogP contribution < -0.4 is 0 Å². The van der Waals surface area contributed by atoms with Gasteiger partial charge in [-0.2, -0.15) is 16.4 Å². The molecular formula is C18H19N5O2S. The van der Waals surface area contributed by atoms with E-state index in [1.165, 1.54) is 11.3 Å². The highest BCUT2D eigenvalue weighted by molar-refractivity contribution is 7.08. The quantitative estimate of drug-likeness (QED) is 0.693. The zero-order chi connectivity index (χ0) is 18.1. The van der Waals surface area contributed by atoms with Crippen molar-refractivity contribution in [1.29, 1.82) is 0 Å². The Morgan fingerprint density at radius 3 is 2.58 bits per heavy atom. The summed E-state index contributed by atoms with van der Waals surface area (Å²) < 4.78 is 1.62. The maximum Gasteiger partial charge on any atom is 0.259 e. The Bertz CT molecular complexity index is 950. The highest BCUT2D eigenvalue weighted by atomic mass is 32.1. The second kappa shape index (κ2) is 6.87. The van der Waals surface area contributed by atoms with Gasteiger partial charge in [-0.1, -0.05) is 0 Å². The van der Waals surface area contributed by atoms with E-state index in [4.69, 9.17) is 0 Å². The Balaban J connectivity index is 1.50. The van der Waals surface area contributed by atoms with E-state index < -0.39 is 0 Å². The van der Waals surface area contributed by atoms with Gasteiger partial charge >= 0.3 is 0 Å². The highest BCUT2D eigenvalue weighted by Crippen LogP contribution is 2.16. The fraction of sp³-hybridized carbons (Fsp3) is 0.333. The van der Waals surface area contributed by atoms with Crippen molar-refractivity contribution in [3.05, 3.63) is 52.1 Å². The lowest BCUT2D eigenvalue weighted by molar-refractivity contribution is 0.0720. The second-order valence-corrected chi connectivity index (χ2v) is 7.13. The maximum atomic E-state index is 13.0. The molecular weight excluding hydrogens is 350 g/mol. The number of fused-ring (bicyclic) bond motifs is 1. The highest BCUT2D eigenvalue weighted by Gasteiger charge is 2.25. The van der Waals surface area contributed by atoms with Crippen LogP contribution in [0.15, 0.2) is 35.3 Å². The van der Waals surface area contributed by atoms with Gasteiger partial charge in [0.25, 0.3) is 11.8 Å². The lowest BCUT2D eigenvalue weighted by Gasteiger charge is -2.21. The largest absolute Gasteiger partial charge is 0.337 e. The summed E-state index contributed by atoms with van der Waals surface area (Å²) in [6.45, 7) is 4.21. The first-order chi connectivity index (χ1) is 12.6. The predicted molar refractivity (Wildman–Crippen MR) is 98.5 cm³/mol. The molecule has 3 aromatic rings. The number of rotatable bonds is 2. The van der Waals surface area contributed by atoms with E-state index in [9.17, 15) is 9.59 Å². The molecule has 0 radical (unpaired) electrons. The van der Waals surface area contributed by atoms with E-state index in [0.717, 1.165) is 17.7 Å². The van der Waals surface area contributed by atoms with Crippen molar-refractivity contribution in [2.75, 3.05) is 26.2 Å². The summed E-state index contributed by atoms with van der Waals surface area (Å²) >= 11 is 1.51. The van der Waals surface area contributed by atoms with Crippen LogP contribution in [0.2, 0.25) is 0 Å². The molecule has 3 aromatic heterocycles. The van der Waals surface area contributed by atoms with Crippen LogP contribution in [0, 0.1) is 6.92 Å². The number of aromatic nitrogens is 3. The van der Waals surface area contributed by atoms with Crippen LogP contribution in [-0.2, 0) is 0 Å². The van der Waals surface area contributed by atoms with Gasteiger partial charge in [-0.25, -0.2) is 9.50 Å². The molecule has 1 saturated heterocycles. The fourth-order valence-electron chi connectivity index (χ4n) is 3.17. The van der Waals surface area contributed by atoms with Crippen molar-refractivity contribution < 1.29 is 9.59 Å². The van der Waals surface area contributed by atoms with Crippen LogP contribution >= 0.6 is 11.3 Å². The number of hydrogen-bond acceptors (Lipinski definition) is 5. The molecule has 1 fully saturated rings. The third-order valence-corrected chi connectivity index (χ3v) is 5.26. The topological polar surface area (TPSA) is 70.8 Å². The summed E-state index contributed by atoms with van der Waals surface area (Å²) in [6.07, 6.45) is 4.13. The molecule has 0 unspecified atom stereocenters. The van der Waals surface area contributed by atoms with Gasteiger partial charge in [0, 0.05) is 43.4 Å². The Hall–Kier alpha value is -2.74. The Kier molecular flexibility index (Phi) is 4.42. The van der Waals surface area contributed by atoms with E-state index in [2.05, 4.69) is 10.1 Å². The molecule has 0 aliphatic carbocycles. The van der Waals surface area contributed by atoms with Crippen molar-refractivity contribution >= 4 is 28.8 Å². The van der Waals surface area contributed by atoms with Crippen LogP contribution in [0.4, 0.5) is 0 Å². The molecule has 8 heteroatoms. The normalized spacial score (nSPS) is 15.3. The van der Waals surface area contributed by atoms with Crippen molar-refractivity contribution in [2.45, 2.75) is 13.3 Å². The Labute approximate surface area is 154 Å². The van der Waals surface area contributed by atoms with Crippen molar-refractivity contribution in [1.82, 2.24) is 24.4 Å². The number of thiophene rings is 1. The maximum absolute atomic E-state index is 13.0. The molecule has 0 saturated carbocycles. The Morgan fingerprint density at radius 2 is 1.85 bits per heavy atom. The zero-order valence-electron chi connectivity index (χ0n) is 14.5. The number of aryl methyl sites for hydroxylation is 1. The Morgan fingerprint density at radius 1 is 1.08 bits per heavy atom. The van der Waals surface area contributed by atoms with Gasteiger partial charge in [0.1, 0.15) is 5.56 Å². The van der Waals surface area contributed by atoms with E-state index in [1.807, 2.05) is 34.7 Å². The third kappa shape index (κ3) is 3.08. The van der Waals surface area contributed by atoms with E-state index in [-0.39, 0.29) is 11.8 Å². The standard InChI is InChI=1S/C18H19N5O2S/c1-13-3-7-23-16(20-13)15(11-19-23)18(25)22-6-2-5-21(8-9-22)17(24)14-4-10-26-12-14/h3-4,7,10-12H,2,5-6,8-9H2,1H3. The molecule has 0 spiro atoms. The molecule has 2 amide bonds. The second-order valence-electron chi connectivity index (χ2n) is 6.35. The monoisotopic (exact) mass is 369 g/mol. The van der Waals surface area contributed by atoms with E-state index in [1.54, 1.807) is 21.8 Å². The SMILES string of the molecule is Cc1ccn2ncc(C(=O)N3CCCN(C(=O)c4ccsc4)CC3)c2n1. The minimum absolute atomic E-state index is 0.0359. The van der Waals surface area contributed by atoms with Crippen LogP contribution in [0.5, 0.6) is 0 Å². The zero-order valence-corrected chi connectivity index (χ0v) is 15.3. The van der Waals surface area contributed by atoms with Crippen LogP contribution in [-0.4, -0.2) is 62.4 Å². The van der Waals surface area contributed by atoms with Gasteiger partial charge < -0.3 is 9.80 Å². The number of carbonyl (C=O) groups excluding carboxylic acids is 2. The molecule has 4 rings (SSSR count). The molecule has 134 valence electrons. The lowest BCUT2D eigenvalue weighted by Crippen LogP contribution is -2.37. The lowest BCUT2D eigenvalue weighted by atomic mass is 10.2. The minimum Gasteiger partial charge on any atom is -0.337 e. The summed E-state index contributed by atoms with van der Waals surface area (Å²) in [7, 11) is 0. The molecule has 26 heavy (non-hydrogen) atoms. The third-order valence-electron chi connectivity index (χ3n) is 4.58. The average Bonchev–Trinajstić information content (AvgIpc) is 3.25. The number of carbonyl (C=O) groups is 2. The molecule has 1 aliphatic heterocycles. The summed E-state index contributed by atoms with van der Waals surface area (Å²) in [6, 6.07) is 3.70. The first kappa shape index (κ1) is 16.7. The average molecular weight is 369 g/mol. The number of amides is 2. The molecule has 7 nitrogen and oxygen atoms in total.